The van der Waals surface area contributed by atoms with Crippen LogP contribution in [0.3, 0.4) is 0 Å². The van der Waals surface area contributed by atoms with Gasteiger partial charge in [-0.25, -0.2) is 9.97 Å². The molecule has 0 saturated carbocycles. The molecular weight excluding hydrogens is 504 g/mol. The van der Waals surface area contributed by atoms with Gasteiger partial charge in [-0.3, -0.25) is 9.59 Å². The molecule has 40 heavy (non-hydrogen) atoms. The lowest BCUT2D eigenvalue weighted by Crippen LogP contribution is -2.54. The van der Waals surface area contributed by atoms with Crippen molar-refractivity contribution >= 4 is 34.8 Å². The van der Waals surface area contributed by atoms with E-state index in [-0.39, 0.29) is 23.7 Å². The lowest BCUT2D eigenvalue weighted by atomic mass is 9.97. The number of piperidine rings is 1. The number of carbonyl (C=O) groups is 2. The third kappa shape index (κ3) is 6.17. The second-order valence-electron chi connectivity index (χ2n) is 10.8. The number of benzene rings is 2. The van der Waals surface area contributed by atoms with Crippen molar-refractivity contribution in [2.75, 3.05) is 54.9 Å². The topological polar surface area (TPSA) is 120 Å². The van der Waals surface area contributed by atoms with Crippen LogP contribution in [0.15, 0.2) is 54.7 Å². The molecule has 2 saturated heterocycles. The summed E-state index contributed by atoms with van der Waals surface area (Å²) in [7, 11) is 2.14. The Kier molecular flexibility index (Phi) is 8.16. The summed E-state index contributed by atoms with van der Waals surface area (Å²) in [5.74, 6) is 0.209. The third-order valence-electron chi connectivity index (χ3n) is 7.90. The van der Waals surface area contributed by atoms with Crippen molar-refractivity contribution in [3.8, 4) is 0 Å². The van der Waals surface area contributed by atoms with Gasteiger partial charge >= 0.3 is 0 Å². The van der Waals surface area contributed by atoms with E-state index in [0.717, 1.165) is 62.5 Å². The van der Waals surface area contributed by atoms with Gasteiger partial charge in [-0.15, -0.1) is 0 Å². The maximum atomic E-state index is 12.9. The maximum absolute atomic E-state index is 12.9. The van der Waals surface area contributed by atoms with Crippen molar-refractivity contribution in [1.29, 1.82) is 0 Å². The fourth-order valence-corrected chi connectivity index (χ4v) is 5.36. The van der Waals surface area contributed by atoms with Gasteiger partial charge in [0.15, 0.2) is 11.5 Å². The van der Waals surface area contributed by atoms with Gasteiger partial charge in [0.2, 0.25) is 0 Å². The lowest BCUT2D eigenvalue weighted by molar-refractivity contribution is 0.0923. The van der Waals surface area contributed by atoms with E-state index < -0.39 is 5.91 Å². The van der Waals surface area contributed by atoms with Crippen molar-refractivity contribution in [1.82, 2.24) is 20.2 Å². The highest BCUT2D eigenvalue weighted by atomic mass is 16.2. The van der Waals surface area contributed by atoms with Gasteiger partial charge in [0.05, 0.1) is 6.20 Å². The Balaban J connectivity index is 1.31. The molecule has 2 fully saturated rings. The van der Waals surface area contributed by atoms with Crippen LogP contribution in [0, 0.1) is 6.92 Å². The Morgan fingerprint density at radius 1 is 0.975 bits per heavy atom. The molecule has 0 spiro atoms. The summed E-state index contributed by atoms with van der Waals surface area (Å²) in [6.07, 6.45) is 3.34. The van der Waals surface area contributed by atoms with Crippen molar-refractivity contribution in [3.05, 3.63) is 71.5 Å². The van der Waals surface area contributed by atoms with E-state index >= 15 is 0 Å². The molecule has 2 atom stereocenters. The number of aromatic nitrogens is 2. The van der Waals surface area contributed by atoms with E-state index in [9.17, 15) is 9.59 Å². The second kappa shape index (κ2) is 11.9. The minimum Gasteiger partial charge on any atom is -0.369 e. The minimum absolute atomic E-state index is 0.0207. The van der Waals surface area contributed by atoms with Crippen LogP contribution in [0.1, 0.15) is 46.2 Å². The molecule has 0 aliphatic carbocycles. The average molecular weight is 543 g/mol. The first-order chi connectivity index (χ1) is 19.3. The first-order valence-electron chi connectivity index (χ1n) is 13.9. The quantitative estimate of drug-likeness (QED) is 0.417. The number of hydrogen-bond donors (Lipinski definition) is 3. The van der Waals surface area contributed by atoms with Crippen LogP contribution in [0.5, 0.6) is 0 Å². The highest BCUT2D eigenvalue weighted by Gasteiger charge is 2.31. The molecule has 2 amide bonds. The van der Waals surface area contributed by atoms with Crippen LogP contribution < -0.4 is 26.2 Å². The monoisotopic (exact) mass is 542 g/mol. The molecule has 2 aliphatic rings. The number of carbonyl (C=O) groups excluding carboxylic acids is 2. The van der Waals surface area contributed by atoms with E-state index in [1.807, 2.05) is 43.3 Å². The molecule has 10 heteroatoms. The van der Waals surface area contributed by atoms with Crippen LogP contribution in [-0.4, -0.2) is 78.5 Å². The van der Waals surface area contributed by atoms with Crippen LogP contribution >= 0.6 is 0 Å². The molecule has 210 valence electrons. The smallest absolute Gasteiger partial charge is 0.271 e. The van der Waals surface area contributed by atoms with Crippen LogP contribution in [0.2, 0.25) is 0 Å². The summed E-state index contributed by atoms with van der Waals surface area (Å²) in [5, 5.41) is 6.45. The zero-order valence-electron chi connectivity index (χ0n) is 23.4. The number of aryl methyl sites for hydroxylation is 1. The summed E-state index contributed by atoms with van der Waals surface area (Å²) < 4.78 is 0. The fourth-order valence-electron chi connectivity index (χ4n) is 5.36. The van der Waals surface area contributed by atoms with Crippen molar-refractivity contribution in [3.63, 3.8) is 0 Å². The number of nitrogens with zero attached hydrogens (tertiary/aromatic N) is 5. The molecule has 5 rings (SSSR count). The van der Waals surface area contributed by atoms with Crippen molar-refractivity contribution in [2.24, 2.45) is 5.73 Å². The van der Waals surface area contributed by atoms with Gasteiger partial charge in [-0.05, 0) is 70.1 Å². The van der Waals surface area contributed by atoms with Gasteiger partial charge in [0, 0.05) is 61.7 Å². The summed E-state index contributed by atoms with van der Waals surface area (Å²) >= 11 is 0. The number of rotatable bonds is 7. The standard InChI is InChI=1S/C30H38N8O2/c1-20-6-8-22(9-7-20)30(40)34-25-5-4-14-38(21(25)2)26-19-32-27(28(31)39)29(35-26)33-23-10-12-24(13-11-23)37-17-15-36(3)16-18-37/h6-13,19,21,25H,4-5,14-18H2,1-3H3,(H2,31,39)(H,33,35)(H,34,40)/t21-,25-/m1/s1. The number of likely N-dealkylation sites (N-methyl/N-ethyl adjacent to an activating group) is 1. The fraction of sp³-hybridized carbons (Fsp3) is 0.400. The second-order valence-corrected chi connectivity index (χ2v) is 10.8. The maximum Gasteiger partial charge on any atom is 0.271 e. The summed E-state index contributed by atoms with van der Waals surface area (Å²) in [5.41, 5.74) is 9.44. The predicted octanol–water partition coefficient (Wildman–Crippen LogP) is 3.17. The van der Waals surface area contributed by atoms with Crippen LogP contribution in [0.25, 0.3) is 0 Å². The molecule has 2 aromatic carbocycles. The SMILES string of the molecule is Cc1ccc(C(=O)N[C@@H]2CCCN(c3cnc(C(N)=O)c(Nc4ccc(N5CCN(C)CC5)cc4)n3)[C@@H]2C)cc1. The van der Waals surface area contributed by atoms with Gasteiger partial charge in [-0.1, -0.05) is 17.7 Å². The molecule has 0 unspecified atom stereocenters. The van der Waals surface area contributed by atoms with Gasteiger partial charge in [0.25, 0.3) is 11.8 Å². The number of amides is 2. The largest absolute Gasteiger partial charge is 0.369 e. The Morgan fingerprint density at radius 2 is 1.68 bits per heavy atom. The number of primary amides is 1. The molecule has 3 aromatic rings. The molecule has 10 nitrogen and oxygen atoms in total. The lowest BCUT2D eigenvalue weighted by Gasteiger charge is -2.40. The van der Waals surface area contributed by atoms with Gasteiger partial charge in [0.1, 0.15) is 5.82 Å². The molecule has 2 aliphatic heterocycles. The van der Waals surface area contributed by atoms with E-state index in [4.69, 9.17) is 10.7 Å². The average Bonchev–Trinajstić information content (AvgIpc) is 2.95. The highest BCUT2D eigenvalue weighted by Crippen LogP contribution is 2.28. The van der Waals surface area contributed by atoms with E-state index in [1.165, 1.54) is 0 Å². The van der Waals surface area contributed by atoms with Crippen molar-refractivity contribution < 1.29 is 9.59 Å². The molecule has 1 aromatic heterocycles. The van der Waals surface area contributed by atoms with Crippen LogP contribution in [0.4, 0.5) is 23.0 Å². The number of anilines is 4. The van der Waals surface area contributed by atoms with Crippen LogP contribution in [-0.2, 0) is 0 Å². The molecule has 3 heterocycles. The Bertz CT molecular complexity index is 1340. The van der Waals surface area contributed by atoms with Gasteiger partial charge in [-0.2, -0.15) is 0 Å². The van der Waals surface area contributed by atoms with E-state index in [1.54, 1.807) is 6.20 Å². The zero-order valence-corrected chi connectivity index (χ0v) is 23.4. The Labute approximate surface area is 235 Å². The van der Waals surface area contributed by atoms with E-state index in [2.05, 4.69) is 56.4 Å². The minimum atomic E-state index is -0.648. The normalized spacial score (nSPS) is 19.8. The molecular formula is C30H38N8O2. The summed E-state index contributed by atoms with van der Waals surface area (Å²) in [6, 6.07) is 15.6. The summed E-state index contributed by atoms with van der Waals surface area (Å²) in [4.78, 5) is 41.1. The first-order valence-corrected chi connectivity index (χ1v) is 13.9. The third-order valence-corrected chi connectivity index (χ3v) is 7.90. The Hall–Kier alpha value is -4.18. The highest BCUT2D eigenvalue weighted by molar-refractivity contribution is 5.96. The number of nitrogens with one attached hydrogen (secondary N) is 2. The first kappa shape index (κ1) is 27.4. The zero-order chi connectivity index (χ0) is 28.2. The molecule has 0 radical (unpaired) electrons. The molecule has 4 N–H and O–H groups in total. The molecule has 0 bridgehead atoms. The summed E-state index contributed by atoms with van der Waals surface area (Å²) in [6.45, 7) is 8.90. The van der Waals surface area contributed by atoms with E-state index in [0.29, 0.717) is 17.2 Å². The van der Waals surface area contributed by atoms with Crippen molar-refractivity contribution in [2.45, 2.75) is 38.8 Å². The predicted molar refractivity (Wildman–Crippen MR) is 158 cm³/mol. The number of nitrogens with two attached hydrogens (primary N) is 1. The number of hydrogen-bond acceptors (Lipinski definition) is 8. The Morgan fingerprint density at radius 3 is 2.35 bits per heavy atom. The number of piperazine rings is 1. The van der Waals surface area contributed by atoms with Gasteiger partial charge < -0.3 is 31.1 Å².